The molecule has 4 rings (SSSR count). The fourth-order valence-corrected chi connectivity index (χ4v) is 3.59. The van der Waals surface area contributed by atoms with Crippen molar-refractivity contribution in [3.8, 4) is 11.5 Å². The van der Waals surface area contributed by atoms with Gasteiger partial charge in [0.25, 0.3) is 11.8 Å². The maximum Gasteiger partial charge on any atom is 0.282 e. The van der Waals surface area contributed by atoms with Gasteiger partial charge in [-0.3, -0.25) is 9.59 Å². The van der Waals surface area contributed by atoms with E-state index in [2.05, 4.69) is 5.32 Å². The average Bonchev–Trinajstić information content (AvgIpc) is 3.05. The first-order valence-electron chi connectivity index (χ1n) is 10.4. The molecule has 0 aromatic heterocycles. The predicted octanol–water partition coefficient (Wildman–Crippen LogP) is 4.80. The lowest BCUT2D eigenvalue weighted by Crippen LogP contribution is -2.32. The van der Waals surface area contributed by atoms with Gasteiger partial charge in [-0.25, -0.2) is 4.90 Å². The van der Waals surface area contributed by atoms with Crippen molar-refractivity contribution in [3.63, 3.8) is 0 Å². The molecule has 0 atom stereocenters. The van der Waals surface area contributed by atoms with Gasteiger partial charge in [-0.15, -0.1) is 0 Å². The van der Waals surface area contributed by atoms with Crippen LogP contribution in [0.5, 0.6) is 11.5 Å². The highest BCUT2D eigenvalue weighted by atomic mass is 16.5. The summed E-state index contributed by atoms with van der Waals surface area (Å²) in [7, 11) is 1.59. The third-order valence-corrected chi connectivity index (χ3v) is 5.19. The van der Waals surface area contributed by atoms with Crippen molar-refractivity contribution in [1.29, 1.82) is 0 Å². The Labute approximate surface area is 187 Å². The third-order valence-electron chi connectivity index (χ3n) is 5.19. The average molecular weight is 428 g/mol. The summed E-state index contributed by atoms with van der Waals surface area (Å²) in [4.78, 5) is 28.3. The molecule has 1 heterocycles. The molecular weight excluding hydrogens is 404 g/mol. The van der Waals surface area contributed by atoms with Crippen LogP contribution in [0.2, 0.25) is 0 Å². The number of nitrogens with one attached hydrogen (secondary N) is 1. The van der Waals surface area contributed by atoms with Crippen LogP contribution in [0.4, 0.5) is 11.4 Å². The second kappa shape index (κ2) is 8.98. The summed E-state index contributed by atoms with van der Waals surface area (Å²) >= 11 is 0. The van der Waals surface area contributed by atoms with Crippen molar-refractivity contribution in [2.75, 3.05) is 23.9 Å². The highest BCUT2D eigenvalue weighted by molar-refractivity contribution is 6.46. The van der Waals surface area contributed by atoms with Crippen molar-refractivity contribution in [3.05, 3.63) is 89.6 Å². The van der Waals surface area contributed by atoms with E-state index >= 15 is 0 Å². The zero-order valence-corrected chi connectivity index (χ0v) is 18.2. The molecule has 2 amide bonds. The van der Waals surface area contributed by atoms with E-state index in [1.165, 1.54) is 4.90 Å². The molecule has 0 aliphatic carbocycles. The molecule has 162 valence electrons. The molecule has 0 bridgehead atoms. The van der Waals surface area contributed by atoms with Gasteiger partial charge >= 0.3 is 0 Å². The topological polar surface area (TPSA) is 67.9 Å². The number of amides is 2. The number of rotatable bonds is 7. The Kier molecular flexibility index (Phi) is 5.94. The number of nitrogens with zero attached hydrogens (tertiary/aromatic N) is 1. The summed E-state index contributed by atoms with van der Waals surface area (Å²) in [5.41, 5.74) is 3.36. The summed E-state index contributed by atoms with van der Waals surface area (Å²) in [6.07, 6.45) is 0. The molecule has 0 spiro atoms. The van der Waals surface area contributed by atoms with Crippen molar-refractivity contribution >= 4 is 28.8 Å². The van der Waals surface area contributed by atoms with E-state index < -0.39 is 11.8 Å². The van der Waals surface area contributed by atoms with Gasteiger partial charge < -0.3 is 14.8 Å². The summed E-state index contributed by atoms with van der Waals surface area (Å²) in [6.45, 7) is 4.25. The van der Waals surface area contributed by atoms with E-state index in [4.69, 9.17) is 9.47 Å². The second-order valence-corrected chi connectivity index (χ2v) is 7.32. The molecule has 32 heavy (non-hydrogen) atoms. The highest BCUT2D eigenvalue weighted by Gasteiger charge is 2.41. The minimum Gasteiger partial charge on any atom is -0.497 e. The van der Waals surface area contributed by atoms with Gasteiger partial charge in [0.1, 0.15) is 17.2 Å². The number of para-hydroxylation sites is 2. The zero-order valence-electron chi connectivity index (χ0n) is 18.2. The van der Waals surface area contributed by atoms with E-state index in [-0.39, 0.29) is 5.70 Å². The molecule has 0 unspecified atom stereocenters. The first-order chi connectivity index (χ1) is 15.5. The van der Waals surface area contributed by atoms with E-state index in [1.807, 2.05) is 44.2 Å². The van der Waals surface area contributed by atoms with Crippen molar-refractivity contribution in [2.24, 2.45) is 0 Å². The number of hydrogen-bond donors (Lipinski definition) is 1. The number of ether oxygens (including phenoxy) is 2. The highest BCUT2D eigenvalue weighted by Crippen LogP contribution is 2.38. The Hall–Kier alpha value is -4.06. The first kappa shape index (κ1) is 21.2. The maximum absolute atomic E-state index is 13.6. The zero-order chi connectivity index (χ0) is 22.7. The number of carbonyl (C=O) groups excluding carboxylic acids is 2. The Bertz CT molecular complexity index is 1180. The summed E-state index contributed by atoms with van der Waals surface area (Å²) in [5, 5.41) is 3.16. The molecular formula is C26H24N2O4. The number of carbonyl (C=O) groups is 2. The molecule has 3 aromatic rings. The number of benzene rings is 3. The Morgan fingerprint density at radius 2 is 1.56 bits per heavy atom. The van der Waals surface area contributed by atoms with E-state index in [1.54, 1.807) is 49.6 Å². The van der Waals surface area contributed by atoms with Crippen LogP contribution in [0, 0.1) is 6.92 Å². The standard InChI is InChI=1S/C26H24N2O4/c1-4-32-22-8-6-5-7-21(22)28-25(29)23(18-11-9-17(2)10-12-18)24(26(28)30)27-19-13-15-20(31-3)16-14-19/h5-16,27H,4H2,1-3H3. The van der Waals surface area contributed by atoms with E-state index in [0.29, 0.717) is 40.6 Å². The summed E-state index contributed by atoms with van der Waals surface area (Å²) in [5.74, 6) is 0.339. The van der Waals surface area contributed by atoms with Crippen LogP contribution in [0.15, 0.2) is 78.5 Å². The van der Waals surface area contributed by atoms with Gasteiger partial charge in [0.05, 0.1) is 25.0 Å². The van der Waals surface area contributed by atoms with Crippen LogP contribution in [0.1, 0.15) is 18.1 Å². The second-order valence-electron chi connectivity index (χ2n) is 7.32. The molecule has 6 nitrogen and oxygen atoms in total. The Morgan fingerprint density at radius 1 is 0.875 bits per heavy atom. The van der Waals surface area contributed by atoms with Gasteiger partial charge in [-0.1, -0.05) is 42.0 Å². The molecule has 1 N–H and O–H groups in total. The molecule has 0 saturated carbocycles. The normalized spacial score (nSPS) is 13.5. The van der Waals surface area contributed by atoms with Gasteiger partial charge in [0.2, 0.25) is 0 Å². The van der Waals surface area contributed by atoms with Crippen LogP contribution in [-0.4, -0.2) is 25.5 Å². The van der Waals surface area contributed by atoms with Crippen LogP contribution in [0.3, 0.4) is 0 Å². The molecule has 3 aromatic carbocycles. The van der Waals surface area contributed by atoms with Gasteiger partial charge in [-0.2, -0.15) is 0 Å². The molecule has 6 heteroatoms. The monoisotopic (exact) mass is 428 g/mol. The molecule has 1 aliphatic rings. The lowest BCUT2D eigenvalue weighted by Gasteiger charge is -2.19. The fraction of sp³-hybridized carbons (Fsp3) is 0.154. The Balaban J connectivity index is 1.80. The number of hydrogen-bond acceptors (Lipinski definition) is 5. The lowest BCUT2D eigenvalue weighted by molar-refractivity contribution is -0.120. The van der Waals surface area contributed by atoms with Crippen LogP contribution in [0.25, 0.3) is 5.57 Å². The summed E-state index contributed by atoms with van der Waals surface area (Å²) in [6, 6.07) is 21.8. The van der Waals surface area contributed by atoms with Crippen molar-refractivity contribution in [1.82, 2.24) is 0 Å². The largest absolute Gasteiger partial charge is 0.497 e. The van der Waals surface area contributed by atoms with E-state index in [0.717, 1.165) is 5.56 Å². The predicted molar refractivity (Wildman–Crippen MR) is 125 cm³/mol. The lowest BCUT2D eigenvalue weighted by atomic mass is 10.0. The number of aryl methyl sites for hydroxylation is 1. The van der Waals surface area contributed by atoms with Crippen LogP contribution in [-0.2, 0) is 9.59 Å². The minimum atomic E-state index is -0.437. The van der Waals surface area contributed by atoms with Gasteiger partial charge in [0.15, 0.2) is 0 Å². The Morgan fingerprint density at radius 3 is 2.22 bits per heavy atom. The van der Waals surface area contributed by atoms with E-state index in [9.17, 15) is 9.59 Å². The van der Waals surface area contributed by atoms with Crippen LogP contribution >= 0.6 is 0 Å². The molecule has 0 radical (unpaired) electrons. The van der Waals surface area contributed by atoms with Gasteiger partial charge in [-0.05, 0) is 55.8 Å². The summed E-state index contributed by atoms with van der Waals surface area (Å²) < 4.78 is 10.9. The fourth-order valence-electron chi connectivity index (χ4n) is 3.59. The number of methoxy groups -OCH3 is 1. The third kappa shape index (κ3) is 3.95. The minimum absolute atomic E-state index is 0.218. The maximum atomic E-state index is 13.6. The SMILES string of the molecule is CCOc1ccccc1N1C(=O)C(Nc2ccc(OC)cc2)=C(c2ccc(C)cc2)C1=O. The quantitative estimate of drug-likeness (QED) is 0.548. The molecule has 0 saturated heterocycles. The first-order valence-corrected chi connectivity index (χ1v) is 10.4. The number of anilines is 2. The van der Waals surface area contributed by atoms with Crippen LogP contribution < -0.4 is 19.7 Å². The smallest absolute Gasteiger partial charge is 0.282 e. The van der Waals surface area contributed by atoms with Crippen molar-refractivity contribution < 1.29 is 19.1 Å². The van der Waals surface area contributed by atoms with Crippen molar-refractivity contribution in [2.45, 2.75) is 13.8 Å². The molecule has 0 fully saturated rings. The molecule has 1 aliphatic heterocycles. The number of imide groups is 1. The van der Waals surface area contributed by atoms with Gasteiger partial charge in [0, 0.05) is 5.69 Å².